The van der Waals surface area contributed by atoms with Gasteiger partial charge in [0.25, 0.3) is 5.91 Å². The number of anilines is 1. The molecule has 0 fully saturated rings. The van der Waals surface area contributed by atoms with E-state index in [2.05, 4.69) is 5.43 Å². The topological polar surface area (TPSA) is 58.6 Å². The second-order valence-electron chi connectivity index (χ2n) is 4.59. The summed E-state index contributed by atoms with van der Waals surface area (Å²) < 4.78 is 5.36. The Morgan fingerprint density at radius 2 is 1.68 bits per heavy atom. The quantitative estimate of drug-likeness (QED) is 0.883. The summed E-state index contributed by atoms with van der Waals surface area (Å²) in [5, 5.41) is 1.21. The molecule has 0 saturated heterocycles. The number of nitrogens with one attached hydrogen (secondary N) is 1. The Kier molecular flexibility index (Phi) is 5.14. The normalized spacial score (nSPS) is 9.91. The Morgan fingerprint density at radius 3 is 2.23 bits per heavy atom. The van der Waals surface area contributed by atoms with Gasteiger partial charge in [-0.15, -0.1) is 0 Å². The molecule has 0 radical (unpaired) electrons. The molecule has 0 bridgehead atoms. The maximum Gasteiger partial charge on any atom is 0.270 e. The first-order valence-corrected chi connectivity index (χ1v) is 7.01. The number of carbonyl (C=O) groups excluding carboxylic acids is 2. The molecular weight excluding hydrogens is 280 g/mol. The van der Waals surface area contributed by atoms with Crippen LogP contribution in [0.3, 0.4) is 0 Å². The summed E-state index contributed by atoms with van der Waals surface area (Å²) in [6.07, 6.45) is 0. The highest BCUT2D eigenvalue weighted by Crippen LogP contribution is 2.18. The van der Waals surface area contributed by atoms with Crippen LogP contribution in [0.25, 0.3) is 0 Å². The summed E-state index contributed by atoms with van der Waals surface area (Å²) in [4.78, 5) is 24.0. The number of ether oxygens (including phenoxy) is 1. The van der Waals surface area contributed by atoms with E-state index in [0.29, 0.717) is 23.6 Å². The van der Waals surface area contributed by atoms with Gasteiger partial charge in [0.1, 0.15) is 5.75 Å². The van der Waals surface area contributed by atoms with E-state index < -0.39 is 0 Å². The lowest BCUT2D eigenvalue weighted by atomic mass is 10.2. The molecule has 22 heavy (non-hydrogen) atoms. The summed E-state index contributed by atoms with van der Waals surface area (Å²) in [7, 11) is 0. The Hall–Kier alpha value is -2.82. The van der Waals surface area contributed by atoms with Gasteiger partial charge >= 0.3 is 0 Å². The van der Waals surface area contributed by atoms with Gasteiger partial charge in [0.2, 0.25) is 5.91 Å². The Labute approximate surface area is 129 Å². The van der Waals surface area contributed by atoms with Crippen molar-refractivity contribution in [2.75, 3.05) is 11.6 Å². The first kappa shape index (κ1) is 15.6. The standard InChI is InChI=1S/C17H18N2O3/c1-3-22-16-11-9-15(10-12-16)19(13(2)20)18-17(21)14-7-5-4-6-8-14/h4-12H,3H2,1-2H3,(H,18,21). The molecule has 0 spiro atoms. The number of hydrazine groups is 1. The molecule has 5 heteroatoms. The van der Waals surface area contributed by atoms with Gasteiger partial charge in [0.05, 0.1) is 12.3 Å². The highest BCUT2D eigenvalue weighted by molar-refractivity contribution is 6.00. The smallest absolute Gasteiger partial charge is 0.270 e. The molecule has 2 amide bonds. The zero-order valence-corrected chi connectivity index (χ0v) is 12.6. The molecule has 0 saturated carbocycles. The highest BCUT2D eigenvalue weighted by Gasteiger charge is 2.15. The predicted molar refractivity (Wildman–Crippen MR) is 84.7 cm³/mol. The van der Waals surface area contributed by atoms with Crippen LogP contribution in [0.4, 0.5) is 5.69 Å². The van der Waals surface area contributed by atoms with Gasteiger partial charge < -0.3 is 4.74 Å². The van der Waals surface area contributed by atoms with E-state index in [1.165, 1.54) is 11.9 Å². The number of hydrogen-bond acceptors (Lipinski definition) is 3. The van der Waals surface area contributed by atoms with Crippen molar-refractivity contribution < 1.29 is 14.3 Å². The minimum atomic E-state index is -0.343. The molecule has 2 aromatic carbocycles. The van der Waals surface area contributed by atoms with Gasteiger partial charge in [-0.2, -0.15) is 0 Å². The number of amides is 2. The second kappa shape index (κ2) is 7.26. The van der Waals surface area contributed by atoms with Crippen molar-refractivity contribution in [3.05, 3.63) is 60.2 Å². The molecule has 0 heterocycles. The third-order valence-corrected chi connectivity index (χ3v) is 2.97. The van der Waals surface area contributed by atoms with E-state index in [9.17, 15) is 9.59 Å². The number of nitrogens with zero attached hydrogens (tertiary/aromatic N) is 1. The van der Waals surface area contributed by atoms with Crippen LogP contribution in [0.2, 0.25) is 0 Å². The lowest BCUT2D eigenvalue weighted by molar-refractivity contribution is -0.117. The molecule has 0 aliphatic heterocycles. The van der Waals surface area contributed by atoms with Crippen LogP contribution in [0.1, 0.15) is 24.2 Å². The van der Waals surface area contributed by atoms with Crippen molar-refractivity contribution in [2.24, 2.45) is 0 Å². The summed E-state index contributed by atoms with van der Waals surface area (Å²) in [6, 6.07) is 15.7. The van der Waals surface area contributed by atoms with Gasteiger partial charge in [-0.05, 0) is 43.3 Å². The SMILES string of the molecule is CCOc1ccc(N(NC(=O)c2ccccc2)C(C)=O)cc1. The molecule has 1 N–H and O–H groups in total. The van der Waals surface area contributed by atoms with Crippen LogP contribution < -0.4 is 15.2 Å². The van der Waals surface area contributed by atoms with Gasteiger partial charge in [0, 0.05) is 12.5 Å². The van der Waals surface area contributed by atoms with Gasteiger partial charge in [-0.25, -0.2) is 5.01 Å². The molecule has 2 rings (SSSR count). The van der Waals surface area contributed by atoms with Crippen molar-refractivity contribution in [1.82, 2.24) is 5.43 Å². The maximum absolute atomic E-state index is 12.2. The molecule has 114 valence electrons. The summed E-state index contributed by atoms with van der Waals surface area (Å²) in [5.74, 6) is 0.0854. The van der Waals surface area contributed by atoms with Gasteiger partial charge in [-0.1, -0.05) is 18.2 Å². The van der Waals surface area contributed by atoms with Crippen molar-refractivity contribution >= 4 is 17.5 Å². The molecule has 0 atom stereocenters. The lowest BCUT2D eigenvalue weighted by Gasteiger charge is -2.22. The van der Waals surface area contributed by atoms with Crippen molar-refractivity contribution in [3.8, 4) is 5.75 Å². The number of benzene rings is 2. The average Bonchev–Trinajstić information content (AvgIpc) is 2.54. The molecule has 0 aromatic heterocycles. The van der Waals surface area contributed by atoms with E-state index >= 15 is 0 Å². The monoisotopic (exact) mass is 298 g/mol. The van der Waals surface area contributed by atoms with E-state index in [1.54, 1.807) is 48.5 Å². The fourth-order valence-corrected chi connectivity index (χ4v) is 1.94. The van der Waals surface area contributed by atoms with Gasteiger partial charge in [0.15, 0.2) is 0 Å². The second-order valence-corrected chi connectivity index (χ2v) is 4.59. The van der Waals surface area contributed by atoms with Crippen molar-refractivity contribution in [3.63, 3.8) is 0 Å². The summed E-state index contributed by atoms with van der Waals surface area (Å²) in [5.41, 5.74) is 3.66. The highest BCUT2D eigenvalue weighted by atomic mass is 16.5. The van der Waals surface area contributed by atoms with Crippen LogP contribution in [-0.4, -0.2) is 18.4 Å². The first-order chi connectivity index (χ1) is 10.6. The van der Waals surface area contributed by atoms with E-state index in [4.69, 9.17) is 4.74 Å². The molecule has 0 aliphatic carbocycles. The molecule has 0 aliphatic rings. The number of rotatable bonds is 4. The summed E-state index contributed by atoms with van der Waals surface area (Å²) in [6.45, 7) is 3.86. The maximum atomic E-state index is 12.2. The Morgan fingerprint density at radius 1 is 1.05 bits per heavy atom. The molecule has 5 nitrogen and oxygen atoms in total. The minimum Gasteiger partial charge on any atom is -0.494 e. The largest absolute Gasteiger partial charge is 0.494 e. The molecule has 0 unspecified atom stereocenters. The third kappa shape index (κ3) is 3.85. The number of carbonyl (C=O) groups is 2. The zero-order valence-electron chi connectivity index (χ0n) is 12.6. The van der Waals surface area contributed by atoms with E-state index in [1.807, 2.05) is 13.0 Å². The van der Waals surface area contributed by atoms with Crippen molar-refractivity contribution in [1.29, 1.82) is 0 Å². The number of hydrogen-bond donors (Lipinski definition) is 1. The Bertz CT molecular complexity index is 639. The summed E-state index contributed by atoms with van der Waals surface area (Å²) >= 11 is 0. The predicted octanol–water partition coefficient (Wildman–Crippen LogP) is 2.78. The van der Waals surface area contributed by atoms with Crippen LogP contribution in [0.15, 0.2) is 54.6 Å². The molecule has 2 aromatic rings. The average molecular weight is 298 g/mol. The third-order valence-electron chi connectivity index (χ3n) is 2.97. The first-order valence-electron chi connectivity index (χ1n) is 7.01. The van der Waals surface area contributed by atoms with E-state index in [-0.39, 0.29) is 11.8 Å². The van der Waals surface area contributed by atoms with E-state index in [0.717, 1.165) is 0 Å². The van der Waals surface area contributed by atoms with Crippen LogP contribution in [0.5, 0.6) is 5.75 Å². The van der Waals surface area contributed by atoms with Crippen LogP contribution in [-0.2, 0) is 4.79 Å². The lowest BCUT2D eigenvalue weighted by Crippen LogP contribution is -2.45. The minimum absolute atomic E-state index is 0.284. The molecular formula is C17H18N2O3. The Balaban J connectivity index is 2.16. The van der Waals surface area contributed by atoms with Crippen LogP contribution >= 0.6 is 0 Å². The zero-order chi connectivity index (χ0) is 15.9. The fraction of sp³-hybridized carbons (Fsp3) is 0.176. The fourth-order valence-electron chi connectivity index (χ4n) is 1.94. The van der Waals surface area contributed by atoms with Crippen LogP contribution in [0, 0.1) is 0 Å². The van der Waals surface area contributed by atoms with Crippen molar-refractivity contribution in [2.45, 2.75) is 13.8 Å². The van der Waals surface area contributed by atoms with Gasteiger partial charge in [-0.3, -0.25) is 15.0 Å².